The van der Waals surface area contributed by atoms with Crippen molar-refractivity contribution in [2.45, 2.75) is 20.3 Å². The van der Waals surface area contributed by atoms with E-state index in [-0.39, 0.29) is 11.9 Å². The second kappa shape index (κ2) is 7.80. The number of hydrogen-bond acceptors (Lipinski definition) is 2. The van der Waals surface area contributed by atoms with Gasteiger partial charge in [-0.25, -0.2) is 0 Å². The monoisotopic (exact) mass is 330 g/mol. The highest BCUT2D eigenvalue weighted by Gasteiger charge is 2.12. The van der Waals surface area contributed by atoms with Crippen LogP contribution in [0.25, 0.3) is 22.3 Å². The largest absolute Gasteiger partial charge is 0.426 e. The SMILES string of the molecule is CCC(C)C(=O)Oc1ccc(-c2ccc(-c3ccccc3)cc2)cc1. The Morgan fingerprint density at radius 3 is 1.68 bits per heavy atom. The molecule has 3 aromatic rings. The molecule has 0 spiro atoms. The maximum atomic E-state index is 11.8. The first-order chi connectivity index (χ1) is 12.2. The third-order valence-corrected chi connectivity index (χ3v) is 4.41. The van der Waals surface area contributed by atoms with Gasteiger partial charge in [0.15, 0.2) is 0 Å². The zero-order valence-electron chi connectivity index (χ0n) is 14.6. The van der Waals surface area contributed by atoms with Crippen LogP contribution in [0.3, 0.4) is 0 Å². The lowest BCUT2D eigenvalue weighted by Gasteiger charge is -2.10. The van der Waals surface area contributed by atoms with Gasteiger partial charge >= 0.3 is 5.97 Å². The molecule has 0 aromatic heterocycles. The van der Waals surface area contributed by atoms with Gasteiger partial charge in [0.25, 0.3) is 0 Å². The van der Waals surface area contributed by atoms with Crippen LogP contribution in [0.2, 0.25) is 0 Å². The lowest BCUT2D eigenvalue weighted by atomic mass is 10.0. The Balaban J connectivity index is 1.73. The molecule has 0 amide bonds. The highest BCUT2D eigenvalue weighted by atomic mass is 16.5. The van der Waals surface area contributed by atoms with Gasteiger partial charge in [0, 0.05) is 0 Å². The normalized spacial score (nSPS) is 11.8. The second-order valence-electron chi connectivity index (χ2n) is 6.20. The fourth-order valence-corrected chi connectivity index (χ4v) is 2.58. The molecule has 3 aromatic carbocycles. The van der Waals surface area contributed by atoms with E-state index in [1.807, 2.05) is 56.3 Å². The van der Waals surface area contributed by atoms with Gasteiger partial charge in [-0.15, -0.1) is 0 Å². The number of esters is 1. The molecule has 25 heavy (non-hydrogen) atoms. The third-order valence-electron chi connectivity index (χ3n) is 4.41. The number of ether oxygens (including phenoxy) is 1. The van der Waals surface area contributed by atoms with Crippen molar-refractivity contribution in [3.05, 3.63) is 78.9 Å². The summed E-state index contributed by atoms with van der Waals surface area (Å²) in [6, 6.07) is 26.5. The molecule has 0 saturated carbocycles. The maximum absolute atomic E-state index is 11.8. The van der Waals surface area contributed by atoms with Gasteiger partial charge in [0.1, 0.15) is 5.75 Å². The molecule has 0 bridgehead atoms. The summed E-state index contributed by atoms with van der Waals surface area (Å²) in [5, 5.41) is 0. The Labute approximate surface area is 149 Å². The minimum Gasteiger partial charge on any atom is -0.426 e. The molecule has 1 atom stereocenters. The second-order valence-corrected chi connectivity index (χ2v) is 6.20. The van der Waals surface area contributed by atoms with E-state index >= 15 is 0 Å². The van der Waals surface area contributed by atoms with E-state index in [9.17, 15) is 4.79 Å². The summed E-state index contributed by atoms with van der Waals surface area (Å²) in [4.78, 5) is 11.8. The smallest absolute Gasteiger partial charge is 0.314 e. The predicted octanol–water partition coefficient (Wildman–Crippen LogP) is 5.97. The van der Waals surface area contributed by atoms with Crippen LogP contribution >= 0.6 is 0 Å². The van der Waals surface area contributed by atoms with Gasteiger partial charge in [0.05, 0.1) is 5.92 Å². The van der Waals surface area contributed by atoms with Crippen molar-refractivity contribution in [2.24, 2.45) is 5.92 Å². The van der Waals surface area contributed by atoms with Gasteiger partial charge < -0.3 is 4.74 Å². The molecule has 2 nitrogen and oxygen atoms in total. The minimum atomic E-state index is -0.178. The molecule has 1 unspecified atom stereocenters. The van der Waals surface area contributed by atoms with Crippen LogP contribution in [0.5, 0.6) is 5.75 Å². The van der Waals surface area contributed by atoms with E-state index in [0.29, 0.717) is 5.75 Å². The van der Waals surface area contributed by atoms with Crippen molar-refractivity contribution >= 4 is 5.97 Å². The Hall–Kier alpha value is -2.87. The highest BCUT2D eigenvalue weighted by molar-refractivity contribution is 5.75. The fourth-order valence-electron chi connectivity index (χ4n) is 2.58. The van der Waals surface area contributed by atoms with E-state index in [2.05, 4.69) is 36.4 Å². The van der Waals surface area contributed by atoms with Crippen molar-refractivity contribution in [3.63, 3.8) is 0 Å². The quantitative estimate of drug-likeness (QED) is 0.425. The number of benzene rings is 3. The average Bonchev–Trinajstić information content (AvgIpc) is 2.68. The molecule has 0 aliphatic heterocycles. The lowest BCUT2D eigenvalue weighted by Crippen LogP contribution is -2.16. The fraction of sp³-hybridized carbons (Fsp3) is 0.174. The van der Waals surface area contributed by atoms with Crippen molar-refractivity contribution in [1.29, 1.82) is 0 Å². The van der Waals surface area contributed by atoms with Gasteiger partial charge in [-0.1, -0.05) is 80.6 Å². The Kier molecular flexibility index (Phi) is 5.30. The average molecular weight is 330 g/mol. The molecule has 0 saturated heterocycles. The van der Waals surface area contributed by atoms with Crippen molar-refractivity contribution in [2.75, 3.05) is 0 Å². The molecular formula is C23H22O2. The van der Waals surface area contributed by atoms with Gasteiger partial charge in [-0.2, -0.15) is 0 Å². The molecular weight excluding hydrogens is 308 g/mol. The first kappa shape index (κ1) is 17.0. The zero-order valence-corrected chi connectivity index (χ0v) is 14.6. The summed E-state index contributed by atoms with van der Waals surface area (Å²) in [7, 11) is 0. The van der Waals surface area contributed by atoms with Gasteiger partial charge in [-0.3, -0.25) is 4.79 Å². The number of hydrogen-bond donors (Lipinski definition) is 0. The van der Waals surface area contributed by atoms with Crippen molar-refractivity contribution in [3.8, 4) is 28.0 Å². The zero-order chi connectivity index (χ0) is 17.6. The van der Waals surface area contributed by atoms with E-state index < -0.39 is 0 Å². The number of carbonyl (C=O) groups is 1. The van der Waals surface area contributed by atoms with Crippen LogP contribution < -0.4 is 4.74 Å². The van der Waals surface area contributed by atoms with Crippen LogP contribution in [0.1, 0.15) is 20.3 Å². The summed E-state index contributed by atoms with van der Waals surface area (Å²) in [5.74, 6) is 0.336. The lowest BCUT2D eigenvalue weighted by molar-refractivity contribution is -0.138. The summed E-state index contributed by atoms with van der Waals surface area (Å²) >= 11 is 0. The van der Waals surface area contributed by atoms with Gasteiger partial charge in [0.2, 0.25) is 0 Å². The topological polar surface area (TPSA) is 26.3 Å². The van der Waals surface area contributed by atoms with Crippen LogP contribution in [-0.4, -0.2) is 5.97 Å². The van der Waals surface area contributed by atoms with Crippen LogP contribution in [0.4, 0.5) is 0 Å². The maximum Gasteiger partial charge on any atom is 0.314 e. The molecule has 0 aliphatic carbocycles. The molecule has 0 aliphatic rings. The summed E-state index contributed by atoms with van der Waals surface area (Å²) in [5.41, 5.74) is 4.65. The molecule has 0 radical (unpaired) electrons. The molecule has 2 heteroatoms. The Bertz CT molecular complexity index is 818. The molecule has 0 heterocycles. The minimum absolute atomic E-state index is 0.0785. The van der Waals surface area contributed by atoms with Crippen molar-refractivity contribution < 1.29 is 9.53 Å². The molecule has 3 rings (SSSR count). The van der Waals surface area contributed by atoms with E-state index in [4.69, 9.17) is 4.74 Å². The van der Waals surface area contributed by atoms with Crippen molar-refractivity contribution in [1.82, 2.24) is 0 Å². The van der Waals surface area contributed by atoms with E-state index in [1.165, 1.54) is 11.1 Å². The Morgan fingerprint density at radius 1 is 0.760 bits per heavy atom. The van der Waals surface area contributed by atoms with Gasteiger partial charge in [-0.05, 0) is 40.8 Å². The molecule has 126 valence electrons. The molecule has 0 fully saturated rings. The first-order valence-corrected chi connectivity index (χ1v) is 8.65. The summed E-state index contributed by atoms with van der Waals surface area (Å²) < 4.78 is 5.40. The Morgan fingerprint density at radius 2 is 1.20 bits per heavy atom. The highest BCUT2D eigenvalue weighted by Crippen LogP contribution is 2.26. The summed E-state index contributed by atoms with van der Waals surface area (Å²) in [6.45, 7) is 3.86. The van der Waals surface area contributed by atoms with Crippen LogP contribution in [0.15, 0.2) is 78.9 Å². The third kappa shape index (κ3) is 4.16. The van der Waals surface area contributed by atoms with Crippen LogP contribution in [0, 0.1) is 5.92 Å². The van der Waals surface area contributed by atoms with E-state index in [0.717, 1.165) is 17.5 Å². The first-order valence-electron chi connectivity index (χ1n) is 8.65. The van der Waals surface area contributed by atoms with E-state index in [1.54, 1.807) is 0 Å². The molecule has 0 N–H and O–H groups in total. The standard InChI is InChI=1S/C23H22O2/c1-3-17(2)23(24)25-22-15-13-21(14-16-22)20-11-9-19(10-12-20)18-7-5-4-6-8-18/h4-17H,3H2,1-2H3. The number of rotatable bonds is 5. The van der Waals surface area contributed by atoms with Crippen LogP contribution in [-0.2, 0) is 4.79 Å². The predicted molar refractivity (Wildman–Crippen MR) is 102 cm³/mol. The summed E-state index contributed by atoms with van der Waals surface area (Å²) in [6.07, 6.45) is 0.782. The number of carbonyl (C=O) groups excluding carboxylic acids is 1.